The quantitative estimate of drug-likeness (QED) is 0.575. The summed E-state index contributed by atoms with van der Waals surface area (Å²) >= 11 is 7.72. The molecule has 0 aliphatic rings. The number of hydrogen-bond donors (Lipinski definition) is 0. The van der Waals surface area contributed by atoms with Crippen molar-refractivity contribution in [3.8, 4) is 11.4 Å². The van der Waals surface area contributed by atoms with E-state index in [1.54, 1.807) is 18.0 Å². The van der Waals surface area contributed by atoms with E-state index in [0.717, 1.165) is 46.0 Å². The summed E-state index contributed by atoms with van der Waals surface area (Å²) < 4.78 is 7.56. The highest BCUT2D eigenvalue weighted by Gasteiger charge is 2.16. The third kappa shape index (κ3) is 3.62. The number of nitrogens with zero attached hydrogens (tertiary/aromatic N) is 3. The summed E-state index contributed by atoms with van der Waals surface area (Å²) in [7, 11) is 0. The van der Waals surface area contributed by atoms with Crippen LogP contribution in [0.2, 0.25) is 5.02 Å². The molecule has 0 fully saturated rings. The Balaban J connectivity index is 1.85. The fourth-order valence-electron chi connectivity index (χ4n) is 2.41. The van der Waals surface area contributed by atoms with Crippen molar-refractivity contribution < 1.29 is 4.42 Å². The SMILES string of the molecule is CCCn1c(SCc2cccc(Cl)c2)nnc1-c1ccoc1C. The van der Waals surface area contributed by atoms with Gasteiger partial charge in [0.2, 0.25) is 0 Å². The van der Waals surface area contributed by atoms with Crippen LogP contribution >= 0.6 is 23.4 Å². The van der Waals surface area contributed by atoms with Gasteiger partial charge in [0, 0.05) is 17.3 Å². The smallest absolute Gasteiger partial charge is 0.191 e. The zero-order valence-corrected chi connectivity index (χ0v) is 14.7. The van der Waals surface area contributed by atoms with Crippen molar-refractivity contribution in [1.29, 1.82) is 0 Å². The highest BCUT2D eigenvalue weighted by atomic mass is 35.5. The first-order valence-electron chi connectivity index (χ1n) is 7.54. The molecule has 0 atom stereocenters. The molecule has 0 aliphatic heterocycles. The Morgan fingerprint density at radius 3 is 2.83 bits per heavy atom. The Kier molecular flexibility index (Phi) is 5.08. The summed E-state index contributed by atoms with van der Waals surface area (Å²) in [6.45, 7) is 4.97. The molecule has 23 heavy (non-hydrogen) atoms. The van der Waals surface area contributed by atoms with E-state index in [-0.39, 0.29) is 0 Å². The highest BCUT2D eigenvalue weighted by Crippen LogP contribution is 2.29. The molecular formula is C17H18ClN3OS. The van der Waals surface area contributed by atoms with Crippen molar-refractivity contribution in [1.82, 2.24) is 14.8 Å². The Labute approximate surface area is 144 Å². The van der Waals surface area contributed by atoms with E-state index in [0.29, 0.717) is 0 Å². The van der Waals surface area contributed by atoms with Gasteiger partial charge in [-0.15, -0.1) is 10.2 Å². The molecule has 1 aromatic carbocycles. The molecule has 0 spiro atoms. The van der Waals surface area contributed by atoms with Gasteiger partial charge in [-0.3, -0.25) is 0 Å². The Morgan fingerprint density at radius 2 is 2.13 bits per heavy atom. The number of thioether (sulfide) groups is 1. The minimum atomic E-state index is 0.757. The lowest BCUT2D eigenvalue weighted by molar-refractivity contribution is 0.534. The van der Waals surface area contributed by atoms with Crippen molar-refractivity contribution in [3.63, 3.8) is 0 Å². The third-order valence-corrected chi connectivity index (χ3v) is 4.79. The second kappa shape index (κ2) is 7.23. The van der Waals surface area contributed by atoms with Crippen molar-refractivity contribution in [3.05, 3.63) is 52.9 Å². The lowest BCUT2D eigenvalue weighted by atomic mass is 10.2. The highest BCUT2D eigenvalue weighted by molar-refractivity contribution is 7.98. The van der Waals surface area contributed by atoms with Gasteiger partial charge in [-0.2, -0.15) is 0 Å². The Hall–Kier alpha value is -1.72. The number of rotatable bonds is 6. The van der Waals surface area contributed by atoms with Crippen LogP contribution in [0.3, 0.4) is 0 Å². The Morgan fingerprint density at radius 1 is 1.26 bits per heavy atom. The lowest BCUT2D eigenvalue weighted by Gasteiger charge is -2.08. The normalized spacial score (nSPS) is 11.1. The molecule has 3 aromatic rings. The summed E-state index contributed by atoms with van der Waals surface area (Å²) in [6.07, 6.45) is 2.71. The van der Waals surface area contributed by atoms with Gasteiger partial charge >= 0.3 is 0 Å². The van der Waals surface area contributed by atoms with Crippen molar-refractivity contribution >= 4 is 23.4 Å². The fourth-order valence-corrected chi connectivity index (χ4v) is 3.53. The maximum atomic E-state index is 6.04. The van der Waals surface area contributed by atoms with E-state index < -0.39 is 0 Å². The van der Waals surface area contributed by atoms with Crippen LogP contribution in [0.1, 0.15) is 24.7 Å². The number of aryl methyl sites for hydroxylation is 1. The molecule has 2 heterocycles. The standard InChI is InChI=1S/C17H18ClN3OS/c1-3-8-21-16(15-7-9-22-12(15)2)19-20-17(21)23-11-13-5-4-6-14(18)10-13/h4-7,9-10H,3,8,11H2,1-2H3. The van der Waals surface area contributed by atoms with Crippen LogP contribution in [-0.2, 0) is 12.3 Å². The summed E-state index contributed by atoms with van der Waals surface area (Å²) in [5, 5.41) is 10.4. The minimum absolute atomic E-state index is 0.757. The molecule has 0 unspecified atom stereocenters. The number of hydrogen-bond acceptors (Lipinski definition) is 4. The van der Waals surface area contributed by atoms with Crippen LogP contribution in [0, 0.1) is 6.92 Å². The minimum Gasteiger partial charge on any atom is -0.469 e. The number of aromatic nitrogens is 3. The van der Waals surface area contributed by atoms with Gasteiger partial charge in [0.05, 0.1) is 11.8 Å². The predicted octanol–water partition coefficient (Wildman–Crippen LogP) is 5.20. The van der Waals surface area contributed by atoms with E-state index in [9.17, 15) is 0 Å². The molecule has 0 aliphatic carbocycles. The zero-order chi connectivity index (χ0) is 16.2. The van der Waals surface area contributed by atoms with Gasteiger partial charge in [0.25, 0.3) is 0 Å². The first-order valence-corrected chi connectivity index (χ1v) is 8.90. The van der Waals surface area contributed by atoms with Gasteiger partial charge in [0.1, 0.15) is 5.76 Å². The van der Waals surface area contributed by atoms with Gasteiger partial charge in [0.15, 0.2) is 11.0 Å². The predicted molar refractivity (Wildman–Crippen MR) is 93.8 cm³/mol. The molecule has 0 radical (unpaired) electrons. The second-order valence-electron chi connectivity index (χ2n) is 5.27. The third-order valence-electron chi connectivity index (χ3n) is 3.52. The monoisotopic (exact) mass is 347 g/mol. The van der Waals surface area contributed by atoms with Crippen molar-refractivity contribution in [2.45, 2.75) is 37.7 Å². The molecular weight excluding hydrogens is 330 g/mol. The van der Waals surface area contributed by atoms with Crippen molar-refractivity contribution in [2.24, 2.45) is 0 Å². The zero-order valence-electron chi connectivity index (χ0n) is 13.1. The van der Waals surface area contributed by atoms with Gasteiger partial charge < -0.3 is 8.98 Å². The first kappa shape index (κ1) is 16.1. The average molecular weight is 348 g/mol. The van der Waals surface area contributed by atoms with Gasteiger partial charge in [-0.1, -0.05) is 42.4 Å². The molecule has 6 heteroatoms. The fraction of sp³-hybridized carbons (Fsp3) is 0.294. The van der Waals surface area contributed by atoms with E-state index in [4.69, 9.17) is 16.0 Å². The van der Waals surface area contributed by atoms with E-state index in [1.165, 1.54) is 5.56 Å². The Bertz CT molecular complexity index is 797. The number of benzene rings is 1. The molecule has 0 saturated carbocycles. The second-order valence-corrected chi connectivity index (χ2v) is 6.65. The molecule has 120 valence electrons. The average Bonchev–Trinajstić information content (AvgIpc) is 3.12. The van der Waals surface area contributed by atoms with Crippen LogP contribution < -0.4 is 0 Å². The van der Waals surface area contributed by atoms with Crippen LogP contribution in [-0.4, -0.2) is 14.8 Å². The van der Waals surface area contributed by atoms with Crippen LogP contribution in [0.5, 0.6) is 0 Å². The van der Waals surface area contributed by atoms with Crippen LogP contribution in [0.25, 0.3) is 11.4 Å². The van der Waals surface area contributed by atoms with E-state index >= 15 is 0 Å². The van der Waals surface area contributed by atoms with Crippen LogP contribution in [0.15, 0.2) is 46.2 Å². The molecule has 0 amide bonds. The first-order chi connectivity index (χ1) is 11.2. The lowest BCUT2D eigenvalue weighted by Crippen LogP contribution is -2.02. The van der Waals surface area contributed by atoms with E-state index in [2.05, 4.69) is 27.8 Å². The number of furan rings is 1. The van der Waals surface area contributed by atoms with Gasteiger partial charge in [-0.25, -0.2) is 0 Å². The molecule has 3 rings (SSSR count). The van der Waals surface area contributed by atoms with E-state index in [1.807, 2.05) is 31.2 Å². The molecule has 2 aromatic heterocycles. The maximum Gasteiger partial charge on any atom is 0.191 e. The van der Waals surface area contributed by atoms with Crippen molar-refractivity contribution in [2.75, 3.05) is 0 Å². The number of halogens is 1. The molecule has 4 nitrogen and oxygen atoms in total. The molecule has 0 saturated heterocycles. The molecule has 0 bridgehead atoms. The summed E-state index contributed by atoms with van der Waals surface area (Å²) in [5.74, 6) is 2.54. The van der Waals surface area contributed by atoms with Crippen LogP contribution in [0.4, 0.5) is 0 Å². The topological polar surface area (TPSA) is 43.9 Å². The summed E-state index contributed by atoms with van der Waals surface area (Å²) in [6, 6.07) is 9.85. The summed E-state index contributed by atoms with van der Waals surface area (Å²) in [5.41, 5.74) is 2.18. The van der Waals surface area contributed by atoms with Gasteiger partial charge in [-0.05, 0) is 37.1 Å². The maximum absolute atomic E-state index is 6.04. The largest absolute Gasteiger partial charge is 0.469 e. The molecule has 0 N–H and O–H groups in total. The summed E-state index contributed by atoms with van der Waals surface area (Å²) in [4.78, 5) is 0.